The third-order valence-electron chi connectivity index (χ3n) is 3.71. The first-order valence-electron chi connectivity index (χ1n) is 7.91. The van der Waals surface area contributed by atoms with Crippen LogP contribution >= 0.6 is 15.9 Å². The molecule has 1 heterocycles. The van der Waals surface area contributed by atoms with Gasteiger partial charge in [-0.25, -0.2) is 4.39 Å². The molecule has 2 atom stereocenters. The third kappa shape index (κ3) is 5.04. The molecular weight excluding hydrogens is 331 g/mol. The molecule has 0 aromatic heterocycles. The first-order chi connectivity index (χ1) is 9.99. The van der Waals surface area contributed by atoms with Crippen LogP contribution in [-0.2, 0) is 0 Å². The molecule has 4 heteroatoms. The lowest BCUT2D eigenvalue weighted by Gasteiger charge is -2.40. The van der Waals surface area contributed by atoms with E-state index >= 15 is 0 Å². The second-order valence-electron chi connectivity index (χ2n) is 5.70. The summed E-state index contributed by atoms with van der Waals surface area (Å²) < 4.78 is 15.0. The highest BCUT2D eigenvalue weighted by molar-refractivity contribution is 9.10. The van der Waals surface area contributed by atoms with E-state index in [0.717, 1.165) is 29.7 Å². The maximum absolute atomic E-state index is 14.2. The number of nitrogens with zero attached hydrogens (tertiary/aromatic N) is 1. The Bertz CT molecular complexity index is 437. The quantitative estimate of drug-likeness (QED) is 0.848. The summed E-state index contributed by atoms with van der Waals surface area (Å²) in [7, 11) is 0. The summed E-state index contributed by atoms with van der Waals surface area (Å²) in [5.41, 5.74) is 0.812. The van der Waals surface area contributed by atoms with Crippen molar-refractivity contribution >= 4 is 15.9 Å². The summed E-state index contributed by atoms with van der Waals surface area (Å²) >= 11 is 3.32. The highest BCUT2D eigenvalue weighted by Crippen LogP contribution is 2.32. The Labute approximate surface area is 137 Å². The number of hydrogen-bond acceptors (Lipinski definition) is 2. The molecule has 1 aliphatic heterocycles. The number of hydrogen-bond donors (Lipinski definition) is 1. The van der Waals surface area contributed by atoms with Gasteiger partial charge in [0.1, 0.15) is 5.82 Å². The van der Waals surface area contributed by atoms with Gasteiger partial charge in [0.25, 0.3) is 0 Å². The minimum Gasteiger partial charge on any atom is -0.312 e. The summed E-state index contributed by atoms with van der Waals surface area (Å²) in [5, 5.41) is 3.44. The largest absolute Gasteiger partial charge is 0.312 e. The molecule has 0 amide bonds. The van der Waals surface area contributed by atoms with Crippen LogP contribution < -0.4 is 5.32 Å². The lowest BCUT2D eigenvalue weighted by atomic mass is 9.93. The Hall–Kier alpha value is -0.450. The Morgan fingerprint density at radius 3 is 2.52 bits per heavy atom. The fourth-order valence-corrected chi connectivity index (χ4v) is 3.27. The van der Waals surface area contributed by atoms with Crippen LogP contribution in [0.25, 0.3) is 0 Å². The van der Waals surface area contributed by atoms with Gasteiger partial charge >= 0.3 is 0 Å². The molecule has 1 fully saturated rings. The number of halogens is 2. The Morgan fingerprint density at radius 1 is 1.33 bits per heavy atom. The van der Waals surface area contributed by atoms with E-state index in [1.165, 1.54) is 0 Å². The van der Waals surface area contributed by atoms with Crippen molar-refractivity contribution in [2.45, 2.75) is 46.7 Å². The standard InChI is InChI=1S/C15H22BrFN2.C2H6/c1-10(2)15(19-7-6-18-11(3)9-19)13-5-4-12(16)8-14(13)17;1-2/h4-5,8,10-11,15,18H,6-7,9H2,1-3H3;1-2H3. The van der Waals surface area contributed by atoms with Gasteiger partial charge in [0.15, 0.2) is 0 Å². The third-order valence-corrected chi connectivity index (χ3v) is 4.20. The molecule has 1 saturated heterocycles. The zero-order valence-corrected chi connectivity index (χ0v) is 15.4. The van der Waals surface area contributed by atoms with Crippen molar-refractivity contribution < 1.29 is 4.39 Å². The molecule has 2 unspecified atom stereocenters. The second kappa shape index (κ2) is 8.86. The Kier molecular flexibility index (Phi) is 7.85. The van der Waals surface area contributed by atoms with E-state index in [1.807, 2.05) is 26.0 Å². The van der Waals surface area contributed by atoms with Crippen LogP contribution in [0.15, 0.2) is 22.7 Å². The zero-order valence-electron chi connectivity index (χ0n) is 13.8. The summed E-state index contributed by atoms with van der Waals surface area (Å²) in [4.78, 5) is 2.40. The molecule has 1 aromatic carbocycles. The Balaban J connectivity index is 0.00000106. The number of rotatable bonds is 3. The molecular formula is C17H28BrFN2. The van der Waals surface area contributed by atoms with Crippen molar-refractivity contribution in [2.24, 2.45) is 5.92 Å². The van der Waals surface area contributed by atoms with Gasteiger partial charge in [0.05, 0.1) is 0 Å². The topological polar surface area (TPSA) is 15.3 Å². The SMILES string of the molecule is CC.CC1CN(C(c2ccc(Br)cc2F)C(C)C)CCN1. The summed E-state index contributed by atoms with van der Waals surface area (Å²) in [6.45, 7) is 13.4. The molecule has 2 nitrogen and oxygen atoms in total. The summed E-state index contributed by atoms with van der Waals surface area (Å²) in [5.74, 6) is 0.278. The molecule has 0 radical (unpaired) electrons. The van der Waals surface area contributed by atoms with Gasteiger partial charge in [0.2, 0.25) is 0 Å². The summed E-state index contributed by atoms with van der Waals surface area (Å²) in [6, 6.07) is 6.03. The molecule has 2 rings (SSSR count). The molecule has 120 valence electrons. The van der Waals surface area contributed by atoms with Gasteiger partial charge in [-0.3, -0.25) is 4.90 Å². The minimum atomic E-state index is -0.112. The van der Waals surface area contributed by atoms with Gasteiger partial charge < -0.3 is 5.32 Å². The Morgan fingerprint density at radius 2 is 2.00 bits per heavy atom. The minimum absolute atomic E-state index is 0.112. The van der Waals surface area contributed by atoms with Crippen LogP contribution in [0, 0.1) is 11.7 Å². The van der Waals surface area contributed by atoms with Gasteiger partial charge in [-0.1, -0.05) is 49.7 Å². The van der Waals surface area contributed by atoms with Gasteiger partial charge in [-0.2, -0.15) is 0 Å². The number of nitrogens with one attached hydrogen (secondary N) is 1. The van der Waals surface area contributed by atoms with Crippen molar-refractivity contribution in [3.8, 4) is 0 Å². The molecule has 1 aliphatic rings. The van der Waals surface area contributed by atoms with Crippen molar-refractivity contribution in [1.82, 2.24) is 10.2 Å². The van der Waals surface area contributed by atoms with E-state index in [-0.39, 0.29) is 11.9 Å². The predicted molar refractivity (Wildman–Crippen MR) is 92.1 cm³/mol. The normalized spacial score (nSPS) is 20.9. The number of benzene rings is 1. The van der Waals surface area contributed by atoms with Crippen LogP contribution in [0.2, 0.25) is 0 Å². The summed E-state index contributed by atoms with van der Waals surface area (Å²) in [6.07, 6.45) is 0. The highest BCUT2D eigenvalue weighted by Gasteiger charge is 2.29. The molecule has 1 N–H and O–H groups in total. The van der Waals surface area contributed by atoms with Crippen molar-refractivity contribution in [1.29, 1.82) is 0 Å². The lowest BCUT2D eigenvalue weighted by Crippen LogP contribution is -2.51. The average molecular weight is 359 g/mol. The monoisotopic (exact) mass is 358 g/mol. The van der Waals surface area contributed by atoms with Crippen LogP contribution in [-0.4, -0.2) is 30.6 Å². The molecule has 0 spiro atoms. The van der Waals surface area contributed by atoms with Crippen molar-refractivity contribution in [2.75, 3.05) is 19.6 Å². The average Bonchev–Trinajstić information content (AvgIpc) is 2.43. The fraction of sp³-hybridized carbons (Fsp3) is 0.647. The first kappa shape index (κ1) is 18.6. The maximum atomic E-state index is 14.2. The molecule has 0 aliphatic carbocycles. The predicted octanol–water partition coefficient (Wildman–Crippen LogP) is 4.61. The highest BCUT2D eigenvalue weighted by atomic mass is 79.9. The lowest BCUT2D eigenvalue weighted by molar-refractivity contribution is 0.114. The van der Waals surface area contributed by atoms with E-state index in [4.69, 9.17) is 0 Å². The smallest absolute Gasteiger partial charge is 0.129 e. The van der Waals surface area contributed by atoms with Gasteiger partial charge in [-0.05, 0) is 25.0 Å². The zero-order chi connectivity index (χ0) is 16.0. The van der Waals surface area contributed by atoms with E-state index in [9.17, 15) is 4.39 Å². The molecule has 0 bridgehead atoms. The molecule has 21 heavy (non-hydrogen) atoms. The van der Waals surface area contributed by atoms with Crippen molar-refractivity contribution in [3.63, 3.8) is 0 Å². The maximum Gasteiger partial charge on any atom is 0.129 e. The first-order valence-corrected chi connectivity index (χ1v) is 8.70. The van der Waals surface area contributed by atoms with Crippen LogP contribution in [0.4, 0.5) is 4.39 Å². The van der Waals surface area contributed by atoms with E-state index in [1.54, 1.807) is 6.07 Å². The van der Waals surface area contributed by atoms with E-state index in [0.29, 0.717) is 12.0 Å². The van der Waals surface area contributed by atoms with Crippen LogP contribution in [0.5, 0.6) is 0 Å². The second-order valence-corrected chi connectivity index (χ2v) is 6.62. The van der Waals surface area contributed by atoms with Gasteiger partial charge in [-0.15, -0.1) is 0 Å². The number of piperazine rings is 1. The fourth-order valence-electron chi connectivity index (χ4n) is 2.93. The van der Waals surface area contributed by atoms with Gasteiger partial charge in [0, 0.05) is 41.8 Å². The van der Waals surface area contributed by atoms with Crippen LogP contribution in [0.1, 0.15) is 46.2 Å². The van der Waals surface area contributed by atoms with E-state index < -0.39 is 0 Å². The molecule has 1 aromatic rings. The molecule has 0 saturated carbocycles. The van der Waals surface area contributed by atoms with Crippen LogP contribution in [0.3, 0.4) is 0 Å². The van der Waals surface area contributed by atoms with Crippen molar-refractivity contribution in [3.05, 3.63) is 34.1 Å². The van der Waals surface area contributed by atoms with E-state index in [2.05, 4.69) is 46.9 Å².